The third kappa shape index (κ3) is 3.51. The van der Waals surface area contributed by atoms with E-state index in [2.05, 4.69) is 56.4 Å². The van der Waals surface area contributed by atoms with Crippen LogP contribution in [0.3, 0.4) is 0 Å². The van der Waals surface area contributed by atoms with Crippen molar-refractivity contribution in [3.8, 4) is 0 Å². The number of hydrogen-bond acceptors (Lipinski definition) is 1. The van der Waals surface area contributed by atoms with Crippen molar-refractivity contribution in [2.45, 2.75) is 33.2 Å². The first-order valence-corrected chi connectivity index (χ1v) is 7.07. The van der Waals surface area contributed by atoms with Crippen LogP contribution in [0, 0.1) is 13.8 Å². The van der Waals surface area contributed by atoms with Crippen molar-refractivity contribution in [3.63, 3.8) is 0 Å². The molecule has 100 valence electrons. The molecule has 2 aromatic rings. The molecule has 0 saturated heterocycles. The summed E-state index contributed by atoms with van der Waals surface area (Å²) in [7, 11) is 0. The Bertz CT molecular complexity index is 546. The summed E-state index contributed by atoms with van der Waals surface area (Å²) in [6.45, 7) is 6.45. The van der Waals surface area contributed by atoms with Crippen LogP contribution in [0.1, 0.15) is 36.1 Å². The molecule has 0 heterocycles. The van der Waals surface area contributed by atoms with Crippen LogP contribution in [0.15, 0.2) is 42.5 Å². The Morgan fingerprint density at radius 1 is 1.05 bits per heavy atom. The van der Waals surface area contributed by atoms with Crippen molar-refractivity contribution in [3.05, 3.63) is 64.2 Å². The van der Waals surface area contributed by atoms with Crippen molar-refractivity contribution in [2.75, 3.05) is 5.32 Å². The van der Waals surface area contributed by atoms with Gasteiger partial charge in [0.2, 0.25) is 0 Å². The fraction of sp³-hybridized carbons (Fsp3) is 0.294. The summed E-state index contributed by atoms with van der Waals surface area (Å²) in [5.74, 6) is 0. The van der Waals surface area contributed by atoms with Gasteiger partial charge >= 0.3 is 0 Å². The quantitative estimate of drug-likeness (QED) is 0.773. The van der Waals surface area contributed by atoms with Crippen LogP contribution in [0.25, 0.3) is 0 Å². The minimum Gasteiger partial charge on any atom is -0.378 e. The normalized spacial score (nSPS) is 12.2. The third-order valence-corrected chi connectivity index (χ3v) is 3.66. The molecule has 0 saturated carbocycles. The van der Waals surface area contributed by atoms with Crippen molar-refractivity contribution in [1.82, 2.24) is 0 Å². The van der Waals surface area contributed by atoms with E-state index in [0.29, 0.717) is 6.04 Å². The van der Waals surface area contributed by atoms with Gasteiger partial charge in [-0.05, 0) is 55.2 Å². The Kier molecular flexibility index (Phi) is 4.49. The second-order valence-corrected chi connectivity index (χ2v) is 5.41. The Balaban J connectivity index is 2.23. The van der Waals surface area contributed by atoms with Crippen LogP contribution in [0.5, 0.6) is 0 Å². The summed E-state index contributed by atoms with van der Waals surface area (Å²) in [6, 6.07) is 14.9. The maximum atomic E-state index is 5.95. The van der Waals surface area contributed by atoms with E-state index in [1.165, 1.54) is 22.4 Å². The summed E-state index contributed by atoms with van der Waals surface area (Å²) < 4.78 is 0. The number of rotatable bonds is 4. The van der Waals surface area contributed by atoms with Crippen LogP contribution >= 0.6 is 11.6 Å². The predicted octanol–water partition coefficient (Wildman–Crippen LogP) is 5.52. The number of benzene rings is 2. The minimum atomic E-state index is 0.317. The van der Waals surface area contributed by atoms with E-state index in [1.54, 1.807) is 0 Å². The maximum Gasteiger partial charge on any atom is 0.0511 e. The number of anilines is 1. The van der Waals surface area contributed by atoms with E-state index in [4.69, 9.17) is 11.6 Å². The lowest BCUT2D eigenvalue weighted by atomic mass is 10.0. The van der Waals surface area contributed by atoms with Crippen molar-refractivity contribution < 1.29 is 0 Å². The highest BCUT2D eigenvalue weighted by atomic mass is 35.5. The molecule has 0 aliphatic heterocycles. The molecule has 0 amide bonds. The van der Waals surface area contributed by atoms with Crippen LogP contribution in [-0.4, -0.2) is 0 Å². The molecule has 0 bridgehead atoms. The van der Waals surface area contributed by atoms with Gasteiger partial charge in [0.05, 0.1) is 6.04 Å². The van der Waals surface area contributed by atoms with Gasteiger partial charge < -0.3 is 5.32 Å². The topological polar surface area (TPSA) is 12.0 Å². The van der Waals surface area contributed by atoms with E-state index in [-0.39, 0.29) is 0 Å². The Morgan fingerprint density at radius 2 is 1.74 bits per heavy atom. The van der Waals surface area contributed by atoms with E-state index in [0.717, 1.165) is 11.4 Å². The molecule has 0 aliphatic carbocycles. The van der Waals surface area contributed by atoms with Gasteiger partial charge in [0.15, 0.2) is 0 Å². The molecule has 0 spiro atoms. The van der Waals surface area contributed by atoms with Gasteiger partial charge in [-0.2, -0.15) is 0 Å². The minimum absolute atomic E-state index is 0.317. The second-order valence-electron chi connectivity index (χ2n) is 4.98. The zero-order chi connectivity index (χ0) is 13.8. The van der Waals surface area contributed by atoms with Gasteiger partial charge in [0, 0.05) is 10.7 Å². The lowest BCUT2D eigenvalue weighted by Crippen LogP contribution is -2.10. The van der Waals surface area contributed by atoms with Crippen LogP contribution in [-0.2, 0) is 0 Å². The fourth-order valence-corrected chi connectivity index (χ4v) is 2.32. The summed E-state index contributed by atoms with van der Waals surface area (Å²) >= 11 is 5.95. The fourth-order valence-electron chi connectivity index (χ4n) is 2.20. The van der Waals surface area contributed by atoms with E-state index >= 15 is 0 Å². The highest BCUT2D eigenvalue weighted by Gasteiger charge is 2.10. The van der Waals surface area contributed by atoms with Crippen molar-refractivity contribution >= 4 is 17.3 Å². The van der Waals surface area contributed by atoms with Gasteiger partial charge in [-0.1, -0.05) is 42.8 Å². The summed E-state index contributed by atoms with van der Waals surface area (Å²) in [4.78, 5) is 0. The van der Waals surface area contributed by atoms with Gasteiger partial charge in [-0.3, -0.25) is 0 Å². The zero-order valence-electron chi connectivity index (χ0n) is 11.7. The first-order chi connectivity index (χ1) is 9.10. The molecule has 0 fully saturated rings. The van der Waals surface area contributed by atoms with Crippen molar-refractivity contribution in [2.24, 2.45) is 0 Å². The highest BCUT2D eigenvalue weighted by Crippen LogP contribution is 2.26. The largest absolute Gasteiger partial charge is 0.378 e. The Morgan fingerprint density at radius 3 is 2.37 bits per heavy atom. The van der Waals surface area contributed by atoms with Gasteiger partial charge in [0.25, 0.3) is 0 Å². The molecule has 0 aromatic heterocycles. The molecule has 1 nitrogen and oxygen atoms in total. The molecule has 1 unspecified atom stereocenters. The number of hydrogen-bond donors (Lipinski definition) is 1. The van der Waals surface area contributed by atoms with E-state index in [9.17, 15) is 0 Å². The number of nitrogens with one attached hydrogen (secondary N) is 1. The molecule has 1 atom stereocenters. The molecule has 1 N–H and O–H groups in total. The first-order valence-electron chi connectivity index (χ1n) is 6.69. The molecule has 19 heavy (non-hydrogen) atoms. The SMILES string of the molecule is CCC(Nc1cc(C)ccc1C)c1ccc(Cl)cc1. The maximum absolute atomic E-state index is 5.95. The average Bonchev–Trinajstić information content (AvgIpc) is 2.41. The molecule has 2 aromatic carbocycles. The Hall–Kier alpha value is -1.47. The number of aryl methyl sites for hydroxylation is 2. The standard InChI is InChI=1S/C17H20ClN/c1-4-16(14-7-9-15(18)10-8-14)19-17-11-12(2)5-6-13(17)3/h5-11,16,19H,4H2,1-3H3. The Labute approximate surface area is 120 Å². The molecule has 0 aliphatic rings. The predicted molar refractivity (Wildman–Crippen MR) is 84.0 cm³/mol. The van der Waals surface area contributed by atoms with E-state index < -0.39 is 0 Å². The van der Waals surface area contributed by atoms with Crippen molar-refractivity contribution in [1.29, 1.82) is 0 Å². The summed E-state index contributed by atoms with van der Waals surface area (Å²) in [5, 5.41) is 4.41. The summed E-state index contributed by atoms with van der Waals surface area (Å²) in [5.41, 5.74) is 5.03. The molecule has 0 radical (unpaired) electrons. The lowest BCUT2D eigenvalue weighted by molar-refractivity contribution is 0.748. The highest BCUT2D eigenvalue weighted by molar-refractivity contribution is 6.30. The monoisotopic (exact) mass is 273 g/mol. The van der Waals surface area contributed by atoms with E-state index in [1.807, 2.05) is 12.1 Å². The molecular weight excluding hydrogens is 254 g/mol. The molecular formula is C17H20ClN. The van der Waals surface area contributed by atoms with Gasteiger partial charge in [0.1, 0.15) is 0 Å². The molecule has 2 heteroatoms. The smallest absolute Gasteiger partial charge is 0.0511 e. The zero-order valence-corrected chi connectivity index (χ0v) is 12.5. The van der Waals surface area contributed by atoms with Crippen LogP contribution in [0.2, 0.25) is 5.02 Å². The average molecular weight is 274 g/mol. The third-order valence-electron chi connectivity index (χ3n) is 3.40. The van der Waals surface area contributed by atoms with Gasteiger partial charge in [-0.15, -0.1) is 0 Å². The lowest BCUT2D eigenvalue weighted by Gasteiger charge is -2.20. The second kappa shape index (κ2) is 6.12. The van der Waals surface area contributed by atoms with Crippen LogP contribution in [0.4, 0.5) is 5.69 Å². The molecule has 2 rings (SSSR count). The summed E-state index contributed by atoms with van der Waals surface area (Å²) in [6.07, 6.45) is 1.04. The first kappa shape index (κ1) is 14.0. The number of halogens is 1. The van der Waals surface area contributed by atoms with Gasteiger partial charge in [-0.25, -0.2) is 0 Å². The van der Waals surface area contributed by atoms with Crippen LogP contribution < -0.4 is 5.32 Å².